The van der Waals surface area contributed by atoms with Crippen LogP contribution in [0.4, 0.5) is 4.39 Å². The van der Waals surface area contributed by atoms with Gasteiger partial charge in [0.25, 0.3) is 5.22 Å². The van der Waals surface area contributed by atoms with Gasteiger partial charge in [0.1, 0.15) is 12.1 Å². The molecule has 1 aromatic carbocycles. The monoisotopic (exact) mass is 239 g/mol. The average molecular weight is 239 g/mol. The smallest absolute Gasteiger partial charge is 0.260 e. The maximum absolute atomic E-state index is 13.6. The van der Waals surface area contributed by atoms with E-state index in [4.69, 9.17) is 4.42 Å². The zero-order valence-corrected chi connectivity index (χ0v) is 9.37. The molecular formula is C11H10FNO2S. The van der Waals surface area contributed by atoms with Gasteiger partial charge >= 0.3 is 0 Å². The topological polar surface area (TPSA) is 46.3 Å². The van der Waals surface area contributed by atoms with Crippen molar-refractivity contribution in [1.29, 1.82) is 0 Å². The standard InChI is InChI=1S/C11H10FNO2S/c1-7(14)8-2-3-10(9(12)6-8)16-11-13-4-5-15-11/h2-7,14H,1H3. The Bertz CT molecular complexity index is 471. The number of halogens is 1. The van der Waals surface area contributed by atoms with Gasteiger partial charge in [0.2, 0.25) is 0 Å². The minimum Gasteiger partial charge on any atom is -0.440 e. The lowest BCUT2D eigenvalue weighted by Crippen LogP contribution is -1.92. The number of aliphatic hydroxyl groups excluding tert-OH is 1. The van der Waals surface area contributed by atoms with Gasteiger partial charge in [0.15, 0.2) is 0 Å². The molecule has 2 rings (SSSR count). The van der Waals surface area contributed by atoms with Crippen molar-refractivity contribution in [3.8, 4) is 0 Å². The summed E-state index contributed by atoms with van der Waals surface area (Å²) in [5.41, 5.74) is 0.550. The highest BCUT2D eigenvalue weighted by Crippen LogP contribution is 2.29. The molecule has 0 bridgehead atoms. The van der Waals surface area contributed by atoms with Gasteiger partial charge in [-0.25, -0.2) is 9.37 Å². The Balaban J connectivity index is 2.23. The van der Waals surface area contributed by atoms with Gasteiger partial charge < -0.3 is 9.52 Å². The first-order valence-electron chi connectivity index (χ1n) is 4.71. The molecule has 0 fully saturated rings. The molecular weight excluding hydrogens is 229 g/mol. The molecule has 0 saturated carbocycles. The molecule has 0 amide bonds. The van der Waals surface area contributed by atoms with Gasteiger partial charge in [-0.3, -0.25) is 0 Å². The Hall–Kier alpha value is -1.33. The van der Waals surface area contributed by atoms with E-state index in [1.807, 2.05) is 0 Å². The number of nitrogens with zero attached hydrogens (tertiary/aromatic N) is 1. The number of rotatable bonds is 3. The molecule has 1 heterocycles. The highest BCUT2D eigenvalue weighted by atomic mass is 32.2. The summed E-state index contributed by atoms with van der Waals surface area (Å²) in [6.07, 6.45) is 2.27. The van der Waals surface area contributed by atoms with Crippen LogP contribution in [0.25, 0.3) is 0 Å². The molecule has 0 saturated heterocycles. The maximum Gasteiger partial charge on any atom is 0.260 e. The van der Waals surface area contributed by atoms with Crippen LogP contribution in [0.2, 0.25) is 0 Å². The number of hydrogen-bond donors (Lipinski definition) is 1. The summed E-state index contributed by atoms with van der Waals surface area (Å²) in [6, 6.07) is 4.60. The summed E-state index contributed by atoms with van der Waals surface area (Å²) >= 11 is 1.11. The number of benzene rings is 1. The fraction of sp³-hybridized carbons (Fsp3) is 0.182. The minimum absolute atomic E-state index is 0.387. The molecule has 0 aliphatic rings. The minimum atomic E-state index is -0.671. The maximum atomic E-state index is 13.6. The molecule has 16 heavy (non-hydrogen) atoms. The summed E-state index contributed by atoms with van der Waals surface area (Å²) in [4.78, 5) is 4.31. The molecule has 84 valence electrons. The molecule has 1 N–H and O–H groups in total. The summed E-state index contributed by atoms with van der Waals surface area (Å²) in [7, 11) is 0. The quantitative estimate of drug-likeness (QED) is 0.894. The van der Waals surface area contributed by atoms with Crippen molar-refractivity contribution in [3.05, 3.63) is 42.0 Å². The van der Waals surface area contributed by atoms with Crippen LogP contribution in [0.1, 0.15) is 18.6 Å². The van der Waals surface area contributed by atoms with Crippen molar-refractivity contribution in [2.45, 2.75) is 23.1 Å². The first-order chi connectivity index (χ1) is 7.66. The second kappa shape index (κ2) is 4.67. The molecule has 5 heteroatoms. The third-order valence-corrected chi connectivity index (χ3v) is 2.97. The second-order valence-electron chi connectivity index (χ2n) is 3.27. The summed E-state index contributed by atoms with van der Waals surface area (Å²) < 4.78 is 18.6. The van der Waals surface area contributed by atoms with Crippen LogP contribution < -0.4 is 0 Å². The van der Waals surface area contributed by atoms with Crippen molar-refractivity contribution >= 4 is 11.8 Å². The molecule has 1 unspecified atom stereocenters. The highest BCUT2D eigenvalue weighted by Gasteiger charge is 2.10. The highest BCUT2D eigenvalue weighted by molar-refractivity contribution is 7.99. The summed E-state index contributed by atoms with van der Waals surface area (Å²) in [5.74, 6) is -0.387. The van der Waals surface area contributed by atoms with Gasteiger partial charge in [-0.2, -0.15) is 0 Å². The van der Waals surface area contributed by atoms with Crippen molar-refractivity contribution < 1.29 is 13.9 Å². The summed E-state index contributed by atoms with van der Waals surface area (Å²) in [6.45, 7) is 1.59. The molecule has 0 aliphatic heterocycles. The third kappa shape index (κ3) is 2.43. The van der Waals surface area contributed by atoms with Crippen LogP contribution in [0, 0.1) is 5.82 Å². The van der Waals surface area contributed by atoms with E-state index in [1.165, 1.54) is 18.5 Å². The van der Waals surface area contributed by atoms with Crippen molar-refractivity contribution in [2.75, 3.05) is 0 Å². The Morgan fingerprint density at radius 1 is 1.50 bits per heavy atom. The van der Waals surface area contributed by atoms with Crippen molar-refractivity contribution in [1.82, 2.24) is 4.98 Å². The zero-order valence-electron chi connectivity index (χ0n) is 8.55. The Morgan fingerprint density at radius 2 is 2.31 bits per heavy atom. The third-order valence-electron chi connectivity index (χ3n) is 2.05. The predicted molar refractivity (Wildman–Crippen MR) is 57.7 cm³/mol. The normalized spacial score (nSPS) is 12.7. The van der Waals surface area contributed by atoms with E-state index in [0.29, 0.717) is 15.7 Å². The van der Waals surface area contributed by atoms with E-state index in [0.717, 1.165) is 11.8 Å². The zero-order chi connectivity index (χ0) is 11.5. The molecule has 0 aliphatic carbocycles. The first kappa shape index (κ1) is 11.2. The van der Waals surface area contributed by atoms with Gasteiger partial charge in [0.05, 0.1) is 17.2 Å². The Kier molecular flexibility index (Phi) is 3.26. The number of aromatic nitrogens is 1. The lowest BCUT2D eigenvalue weighted by Gasteiger charge is -2.06. The van der Waals surface area contributed by atoms with Crippen molar-refractivity contribution in [2.24, 2.45) is 0 Å². The van der Waals surface area contributed by atoms with Crippen LogP contribution >= 0.6 is 11.8 Å². The van der Waals surface area contributed by atoms with Gasteiger partial charge in [-0.05, 0) is 36.4 Å². The number of oxazole rings is 1. The molecule has 1 aromatic heterocycles. The van der Waals surface area contributed by atoms with E-state index in [2.05, 4.69) is 4.98 Å². The van der Waals surface area contributed by atoms with Gasteiger partial charge in [-0.15, -0.1) is 0 Å². The first-order valence-corrected chi connectivity index (χ1v) is 5.53. The molecule has 3 nitrogen and oxygen atoms in total. The van der Waals surface area contributed by atoms with Crippen LogP contribution in [0.5, 0.6) is 0 Å². The fourth-order valence-electron chi connectivity index (χ4n) is 1.21. The molecule has 0 radical (unpaired) electrons. The molecule has 0 spiro atoms. The lowest BCUT2D eigenvalue weighted by atomic mass is 10.1. The fourth-order valence-corrected chi connectivity index (χ4v) is 1.91. The van der Waals surface area contributed by atoms with E-state index >= 15 is 0 Å². The number of aliphatic hydroxyl groups is 1. The SMILES string of the molecule is CC(O)c1ccc(Sc2ncco2)c(F)c1. The van der Waals surface area contributed by atoms with Gasteiger partial charge in [0, 0.05) is 0 Å². The largest absolute Gasteiger partial charge is 0.440 e. The average Bonchev–Trinajstić information content (AvgIpc) is 2.73. The van der Waals surface area contributed by atoms with Crippen LogP contribution in [-0.4, -0.2) is 10.1 Å². The van der Waals surface area contributed by atoms with Crippen LogP contribution in [0.15, 0.2) is 45.2 Å². The lowest BCUT2D eigenvalue weighted by molar-refractivity contribution is 0.198. The van der Waals surface area contributed by atoms with E-state index in [9.17, 15) is 9.50 Å². The predicted octanol–water partition coefficient (Wildman–Crippen LogP) is 3.02. The molecule has 1 atom stereocenters. The van der Waals surface area contributed by atoms with Crippen molar-refractivity contribution in [3.63, 3.8) is 0 Å². The summed E-state index contributed by atoms with van der Waals surface area (Å²) in [5, 5.41) is 9.68. The van der Waals surface area contributed by atoms with E-state index in [1.54, 1.807) is 19.1 Å². The van der Waals surface area contributed by atoms with Crippen LogP contribution in [0.3, 0.4) is 0 Å². The molecule has 2 aromatic rings. The Morgan fingerprint density at radius 3 is 2.88 bits per heavy atom. The van der Waals surface area contributed by atoms with E-state index in [-0.39, 0.29) is 5.82 Å². The van der Waals surface area contributed by atoms with E-state index < -0.39 is 6.10 Å². The van der Waals surface area contributed by atoms with Gasteiger partial charge in [-0.1, -0.05) is 6.07 Å². The second-order valence-corrected chi connectivity index (χ2v) is 4.26. The van der Waals surface area contributed by atoms with Crippen LogP contribution in [-0.2, 0) is 0 Å². The number of hydrogen-bond acceptors (Lipinski definition) is 4. The Labute approximate surface area is 96.3 Å².